The quantitative estimate of drug-likeness (QED) is 0.190. The Kier molecular flexibility index (Phi) is 8.28. The molecule has 3 aromatic heterocycles. The molecule has 1 aliphatic heterocycles. The number of benzene rings is 2. The molecule has 11 nitrogen and oxygen atoms in total. The predicted octanol–water partition coefficient (Wildman–Crippen LogP) is 8.10. The van der Waals surface area contributed by atoms with E-state index in [1.165, 1.54) is 15.9 Å². The average Bonchev–Trinajstić information content (AvgIpc) is 3.69. The first-order chi connectivity index (χ1) is 21.7. The highest BCUT2D eigenvalue weighted by Crippen LogP contribution is 2.38. The molecule has 0 bridgehead atoms. The number of nitrogens with one attached hydrogen (secondary N) is 1. The second-order valence-electron chi connectivity index (χ2n) is 11.8. The lowest BCUT2D eigenvalue weighted by Crippen LogP contribution is -2.42. The Balaban J connectivity index is 1.13. The van der Waals surface area contributed by atoms with E-state index in [1.807, 2.05) is 39.0 Å². The minimum atomic E-state index is -0.523. The Labute approximate surface area is 264 Å². The van der Waals surface area contributed by atoms with E-state index in [4.69, 9.17) is 20.8 Å². The molecule has 0 unspecified atom stereocenters. The van der Waals surface area contributed by atoms with Gasteiger partial charge >= 0.3 is 12.1 Å². The molecule has 2 aromatic carbocycles. The van der Waals surface area contributed by atoms with Gasteiger partial charge in [0.1, 0.15) is 22.8 Å². The second-order valence-corrected chi connectivity index (χ2v) is 12.7. The fourth-order valence-electron chi connectivity index (χ4n) is 5.17. The largest absolute Gasteiger partial charge is 0.504 e. The summed E-state index contributed by atoms with van der Waals surface area (Å²) < 4.78 is 19.4. The standard InChI is InChI=1S/C33H32N6O5S/c1-33(2,3)44-32(41)38-13-8-21(9-14-38)20-42-29-19-25-24(18-26(29)34-4)28(7-11-35-25)43-23-5-6-27-22(17-23)10-15-39(27)31(40)37-30-36-12-16-45-30/h5-7,10-12,15-19,21H,8-9,13-14,20H2,1-3H3,(H,36,37,40). The minimum Gasteiger partial charge on any atom is -0.504 e. The molecule has 1 fully saturated rings. The number of ether oxygens (including phenoxy) is 3. The lowest BCUT2D eigenvalue weighted by atomic mass is 9.98. The number of anilines is 1. The minimum absolute atomic E-state index is 0.254. The van der Waals surface area contributed by atoms with E-state index in [0.29, 0.717) is 58.7 Å². The maximum atomic E-state index is 12.7. The first-order valence-electron chi connectivity index (χ1n) is 14.6. The first-order valence-corrected chi connectivity index (χ1v) is 15.5. The number of thiazole rings is 1. The summed E-state index contributed by atoms with van der Waals surface area (Å²) in [6.07, 6.45) is 6.29. The molecule has 4 heterocycles. The molecule has 230 valence electrons. The van der Waals surface area contributed by atoms with Gasteiger partial charge in [0.05, 0.1) is 24.2 Å². The zero-order chi connectivity index (χ0) is 31.6. The molecule has 1 saturated heterocycles. The van der Waals surface area contributed by atoms with Gasteiger partial charge in [0.25, 0.3) is 0 Å². The Morgan fingerprint density at radius 2 is 1.89 bits per heavy atom. The maximum Gasteiger partial charge on any atom is 0.410 e. The monoisotopic (exact) mass is 624 g/mol. The lowest BCUT2D eigenvalue weighted by Gasteiger charge is -2.33. The van der Waals surface area contributed by atoms with Crippen LogP contribution in [0.15, 0.2) is 66.4 Å². The topological polar surface area (TPSA) is 112 Å². The van der Waals surface area contributed by atoms with E-state index >= 15 is 0 Å². The molecule has 1 aliphatic rings. The van der Waals surface area contributed by atoms with Crippen molar-refractivity contribution in [3.8, 4) is 17.2 Å². The zero-order valence-corrected chi connectivity index (χ0v) is 26.0. The number of pyridine rings is 1. The van der Waals surface area contributed by atoms with Crippen LogP contribution in [-0.4, -0.2) is 56.9 Å². The van der Waals surface area contributed by atoms with Gasteiger partial charge in [-0.2, -0.15) is 0 Å². The van der Waals surface area contributed by atoms with Crippen LogP contribution in [0.3, 0.4) is 0 Å². The van der Waals surface area contributed by atoms with E-state index in [9.17, 15) is 9.59 Å². The number of likely N-dealkylation sites (tertiary alicyclic amines) is 1. The lowest BCUT2D eigenvalue weighted by molar-refractivity contribution is 0.0165. The van der Waals surface area contributed by atoms with Crippen LogP contribution in [0.5, 0.6) is 17.2 Å². The molecule has 45 heavy (non-hydrogen) atoms. The Hall–Kier alpha value is -5.15. The normalized spacial score (nSPS) is 13.9. The van der Waals surface area contributed by atoms with Gasteiger partial charge in [0.15, 0.2) is 5.13 Å². The number of fused-ring (bicyclic) bond motifs is 2. The summed E-state index contributed by atoms with van der Waals surface area (Å²) in [5, 5.41) is 6.62. The number of hydrogen-bond acceptors (Lipinski definition) is 8. The van der Waals surface area contributed by atoms with Crippen molar-refractivity contribution in [2.45, 2.75) is 39.2 Å². The maximum absolute atomic E-state index is 12.7. The molecular formula is C33H32N6O5S. The summed E-state index contributed by atoms with van der Waals surface area (Å²) in [4.78, 5) is 39.2. The summed E-state index contributed by atoms with van der Waals surface area (Å²) in [6, 6.07) is 12.3. The van der Waals surface area contributed by atoms with Crippen LogP contribution in [0.1, 0.15) is 33.6 Å². The summed E-state index contributed by atoms with van der Waals surface area (Å²) >= 11 is 1.35. The highest BCUT2D eigenvalue weighted by atomic mass is 32.1. The van der Waals surface area contributed by atoms with Crippen molar-refractivity contribution in [2.75, 3.05) is 25.0 Å². The van der Waals surface area contributed by atoms with Crippen LogP contribution >= 0.6 is 11.3 Å². The molecule has 1 N–H and O–H groups in total. The van der Waals surface area contributed by atoms with Crippen molar-refractivity contribution >= 4 is 56.1 Å². The molecule has 0 saturated carbocycles. The summed E-state index contributed by atoms with van der Waals surface area (Å²) in [5.41, 5.74) is 1.21. The fraction of sp³-hybridized carbons (Fsp3) is 0.303. The highest BCUT2D eigenvalue weighted by Gasteiger charge is 2.27. The van der Waals surface area contributed by atoms with Crippen LogP contribution in [0.4, 0.5) is 20.4 Å². The number of aromatic nitrogens is 3. The predicted molar refractivity (Wildman–Crippen MR) is 173 cm³/mol. The van der Waals surface area contributed by atoms with E-state index in [-0.39, 0.29) is 18.0 Å². The van der Waals surface area contributed by atoms with Gasteiger partial charge in [-0.3, -0.25) is 14.9 Å². The third kappa shape index (κ3) is 6.84. The highest BCUT2D eigenvalue weighted by molar-refractivity contribution is 7.13. The number of piperidine rings is 1. The number of amides is 2. The van der Waals surface area contributed by atoms with Crippen LogP contribution < -0.4 is 14.8 Å². The van der Waals surface area contributed by atoms with Gasteiger partial charge in [-0.1, -0.05) is 0 Å². The molecule has 2 amide bonds. The van der Waals surface area contributed by atoms with Gasteiger partial charge in [-0.25, -0.2) is 19.4 Å². The number of rotatable bonds is 6. The fourth-order valence-corrected chi connectivity index (χ4v) is 5.69. The van der Waals surface area contributed by atoms with Crippen LogP contribution in [-0.2, 0) is 4.74 Å². The van der Waals surface area contributed by atoms with Gasteiger partial charge in [-0.05, 0) is 82.0 Å². The Morgan fingerprint density at radius 3 is 2.62 bits per heavy atom. The molecule has 0 radical (unpaired) electrons. The van der Waals surface area contributed by atoms with Gasteiger partial charge in [0.2, 0.25) is 5.69 Å². The SMILES string of the molecule is [C-]#[N+]c1cc2c(Oc3ccc4c(ccn4C(=O)Nc4nccs4)c3)ccnc2cc1OCC1CCN(C(=O)OC(C)(C)C)CC1. The third-order valence-corrected chi connectivity index (χ3v) is 8.09. The van der Waals surface area contributed by atoms with Crippen LogP contribution in [0, 0.1) is 12.5 Å². The molecule has 12 heteroatoms. The number of carbonyl (C=O) groups excluding carboxylic acids is 2. The second kappa shape index (κ2) is 12.5. The van der Waals surface area contributed by atoms with Gasteiger partial charge in [0, 0.05) is 47.8 Å². The molecular weight excluding hydrogens is 592 g/mol. The summed E-state index contributed by atoms with van der Waals surface area (Å²) in [6.45, 7) is 15.0. The molecule has 0 atom stereocenters. The van der Waals surface area contributed by atoms with E-state index < -0.39 is 5.60 Å². The molecule has 5 aromatic rings. The van der Waals surface area contributed by atoms with Crippen molar-refractivity contribution in [1.29, 1.82) is 0 Å². The van der Waals surface area contributed by atoms with Crippen molar-refractivity contribution in [1.82, 2.24) is 19.4 Å². The van der Waals surface area contributed by atoms with E-state index in [2.05, 4.69) is 20.1 Å². The van der Waals surface area contributed by atoms with Crippen molar-refractivity contribution in [3.05, 3.63) is 77.9 Å². The first kappa shape index (κ1) is 29.9. The zero-order valence-electron chi connectivity index (χ0n) is 25.1. The number of nitrogens with zero attached hydrogens (tertiary/aromatic N) is 5. The summed E-state index contributed by atoms with van der Waals surface area (Å²) in [7, 11) is 0. The Morgan fingerprint density at radius 1 is 1.07 bits per heavy atom. The third-order valence-electron chi connectivity index (χ3n) is 7.40. The molecule has 6 rings (SSSR count). The van der Waals surface area contributed by atoms with Crippen molar-refractivity contribution in [3.63, 3.8) is 0 Å². The number of hydrogen-bond donors (Lipinski definition) is 1. The van der Waals surface area contributed by atoms with Crippen molar-refractivity contribution < 1.29 is 23.8 Å². The van der Waals surface area contributed by atoms with Crippen molar-refractivity contribution in [2.24, 2.45) is 5.92 Å². The number of carbonyl (C=O) groups is 2. The van der Waals surface area contributed by atoms with Crippen LogP contribution in [0.2, 0.25) is 0 Å². The Bertz CT molecular complexity index is 1900. The molecule has 0 spiro atoms. The smallest absolute Gasteiger partial charge is 0.410 e. The van der Waals surface area contributed by atoms with Crippen LogP contribution in [0.25, 0.3) is 26.7 Å². The van der Waals surface area contributed by atoms with Gasteiger partial charge in [-0.15, -0.1) is 11.3 Å². The molecule has 0 aliphatic carbocycles. The summed E-state index contributed by atoms with van der Waals surface area (Å²) in [5.74, 6) is 1.85. The van der Waals surface area contributed by atoms with E-state index in [1.54, 1.807) is 53.1 Å². The van der Waals surface area contributed by atoms with Gasteiger partial charge < -0.3 is 19.1 Å². The average molecular weight is 625 g/mol. The van der Waals surface area contributed by atoms with E-state index in [0.717, 1.165) is 23.7 Å².